The minimum absolute atomic E-state index is 0.137. The van der Waals surface area contributed by atoms with E-state index in [9.17, 15) is 4.79 Å². The molecule has 1 aliphatic rings. The lowest BCUT2D eigenvalue weighted by Crippen LogP contribution is -2.46. The Labute approximate surface area is 136 Å². The van der Waals surface area contributed by atoms with Crippen LogP contribution in [0.15, 0.2) is 42.5 Å². The number of amides is 1. The first-order valence-electron chi connectivity index (χ1n) is 7.83. The number of nitrogens with one attached hydrogen (secondary N) is 1. The molecule has 0 saturated carbocycles. The fraction of sp³-hybridized carbons (Fsp3) is 0.353. The van der Waals surface area contributed by atoms with E-state index in [4.69, 9.17) is 0 Å². The summed E-state index contributed by atoms with van der Waals surface area (Å²) < 4.78 is 0. The van der Waals surface area contributed by atoms with Gasteiger partial charge in [-0.05, 0) is 17.7 Å². The predicted octanol–water partition coefficient (Wildman–Crippen LogP) is 1.76. The number of anilines is 2. The normalized spacial score (nSPS) is 15.4. The third-order valence-corrected chi connectivity index (χ3v) is 3.90. The third-order valence-electron chi connectivity index (χ3n) is 3.90. The molecule has 2 aromatic rings. The summed E-state index contributed by atoms with van der Waals surface area (Å²) in [7, 11) is 0. The summed E-state index contributed by atoms with van der Waals surface area (Å²) in [4.78, 5) is 15.7. The van der Waals surface area contributed by atoms with Crippen LogP contribution in [0.2, 0.25) is 0 Å². The minimum atomic E-state index is -0.137. The predicted molar refractivity (Wildman–Crippen MR) is 90.3 cm³/mol. The van der Waals surface area contributed by atoms with Crippen molar-refractivity contribution >= 4 is 17.5 Å². The Hall–Kier alpha value is -2.47. The topological polar surface area (TPSA) is 61.4 Å². The minimum Gasteiger partial charge on any atom is -0.353 e. The van der Waals surface area contributed by atoms with E-state index in [-0.39, 0.29) is 5.91 Å². The van der Waals surface area contributed by atoms with Crippen molar-refractivity contribution in [3.63, 3.8) is 0 Å². The lowest BCUT2D eigenvalue weighted by atomic mass is 10.2. The molecule has 6 heteroatoms. The molecular weight excluding hydrogens is 290 g/mol. The zero-order valence-corrected chi connectivity index (χ0v) is 13.3. The first kappa shape index (κ1) is 15.4. The van der Waals surface area contributed by atoms with Crippen LogP contribution in [0.4, 0.5) is 11.6 Å². The highest BCUT2D eigenvalue weighted by Crippen LogP contribution is 2.15. The molecule has 2 heterocycles. The second-order valence-corrected chi connectivity index (χ2v) is 5.71. The van der Waals surface area contributed by atoms with Crippen LogP contribution in [0.25, 0.3) is 0 Å². The van der Waals surface area contributed by atoms with Crippen molar-refractivity contribution in [3.05, 3.63) is 48.0 Å². The van der Waals surface area contributed by atoms with Crippen LogP contribution in [-0.2, 0) is 11.3 Å². The maximum absolute atomic E-state index is 11.0. The number of carbonyl (C=O) groups excluding carboxylic acids is 1. The van der Waals surface area contributed by atoms with Gasteiger partial charge >= 0.3 is 0 Å². The molecule has 0 radical (unpaired) electrons. The van der Waals surface area contributed by atoms with E-state index in [1.165, 1.54) is 12.5 Å². The van der Waals surface area contributed by atoms with Gasteiger partial charge in [0.25, 0.3) is 0 Å². The molecule has 1 fully saturated rings. The van der Waals surface area contributed by atoms with Gasteiger partial charge in [0.15, 0.2) is 11.6 Å². The van der Waals surface area contributed by atoms with Crippen LogP contribution in [0, 0.1) is 0 Å². The van der Waals surface area contributed by atoms with Gasteiger partial charge in [-0.2, -0.15) is 0 Å². The van der Waals surface area contributed by atoms with Gasteiger partial charge in [-0.1, -0.05) is 30.3 Å². The molecule has 1 N–H and O–H groups in total. The second kappa shape index (κ2) is 7.19. The van der Waals surface area contributed by atoms with Crippen LogP contribution >= 0.6 is 0 Å². The Balaban J connectivity index is 1.53. The first-order valence-corrected chi connectivity index (χ1v) is 7.83. The van der Waals surface area contributed by atoms with Crippen LogP contribution < -0.4 is 10.2 Å². The summed E-state index contributed by atoms with van der Waals surface area (Å²) in [5.41, 5.74) is 1.35. The molecule has 120 valence electrons. The second-order valence-electron chi connectivity index (χ2n) is 5.71. The van der Waals surface area contributed by atoms with E-state index in [0.717, 1.165) is 38.5 Å². The fourth-order valence-electron chi connectivity index (χ4n) is 2.72. The van der Waals surface area contributed by atoms with Gasteiger partial charge in [-0.25, -0.2) is 0 Å². The molecule has 1 aliphatic heterocycles. The highest BCUT2D eigenvalue weighted by Gasteiger charge is 2.18. The number of carbonyl (C=O) groups is 1. The summed E-state index contributed by atoms with van der Waals surface area (Å²) >= 11 is 0. The van der Waals surface area contributed by atoms with E-state index in [1.807, 2.05) is 12.1 Å². The number of benzene rings is 1. The Morgan fingerprint density at radius 1 is 1.04 bits per heavy atom. The van der Waals surface area contributed by atoms with Crippen LogP contribution in [0.3, 0.4) is 0 Å². The van der Waals surface area contributed by atoms with E-state index < -0.39 is 0 Å². The molecule has 3 rings (SSSR count). The van der Waals surface area contributed by atoms with Crippen molar-refractivity contribution in [2.45, 2.75) is 13.5 Å². The molecule has 23 heavy (non-hydrogen) atoms. The van der Waals surface area contributed by atoms with E-state index in [1.54, 1.807) is 6.07 Å². The molecule has 0 bridgehead atoms. The SMILES string of the molecule is CC(=O)Nc1ccc(N2CCN(Cc3ccccc3)CC2)nn1. The van der Waals surface area contributed by atoms with Gasteiger partial charge in [0, 0.05) is 39.6 Å². The van der Waals surface area contributed by atoms with Gasteiger partial charge in [0.1, 0.15) is 0 Å². The van der Waals surface area contributed by atoms with Crippen LogP contribution in [0.5, 0.6) is 0 Å². The largest absolute Gasteiger partial charge is 0.353 e. The summed E-state index contributed by atoms with van der Waals surface area (Å²) in [6.07, 6.45) is 0. The van der Waals surface area contributed by atoms with Crippen molar-refractivity contribution in [2.24, 2.45) is 0 Å². The van der Waals surface area contributed by atoms with Crippen LogP contribution in [0.1, 0.15) is 12.5 Å². The van der Waals surface area contributed by atoms with Crippen molar-refractivity contribution in [3.8, 4) is 0 Å². The van der Waals surface area contributed by atoms with Gasteiger partial charge in [-0.3, -0.25) is 9.69 Å². The van der Waals surface area contributed by atoms with Crippen molar-refractivity contribution in [1.82, 2.24) is 15.1 Å². The highest BCUT2D eigenvalue weighted by atomic mass is 16.1. The number of hydrogen-bond acceptors (Lipinski definition) is 5. The molecule has 0 spiro atoms. The molecule has 1 amide bonds. The first-order chi connectivity index (χ1) is 11.2. The molecule has 1 aromatic heterocycles. The van der Waals surface area contributed by atoms with Gasteiger partial charge < -0.3 is 10.2 Å². The lowest BCUT2D eigenvalue weighted by Gasteiger charge is -2.35. The van der Waals surface area contributed by atoms with Crippen molar-refractivity contribution in [2.75, 3.05) is 36.4 Å². The molecule has 1 saturated heterocycles. The summed E-state index contributed by atoms with van der Waals surface area (Å²) in [6.45, 7) is 6.32. The molecule has 0 atom stereocenters. The summed E-state index contributed by atoms with van der Waals surface area (Å²) in [5, 5.41) is 10.9. The molecule has 0 aliphatic carbocycles. The molecule has 1 aromatic carbocycles. The Morgan fingerprint density at radius 3 is 2.39 bits per heavy atom. The van der Waals surface area contributed by atoms with Crippen molar-refractivity contribution < 1.29 is 4.79 Å². The number of nitrogens with zero attached hydrogens (tertiary/aromatic N) is 4. The summed E-state index contributed by atoms with van der Waals surface area (Å²) in [5.74, 6) is 1.21. The standard InChI is InChI=1S/C17H21N5O/c1-14(23)18-16-7-8-17(20-19-16)22-11-9-21(10-12-22)13-15-5-3-2-4-6-15/h2-8H,9-13H2,1H3,(H,18,19,23). The van der Waals surface area contributed by atoms with Gasteiger partial charge in [0.2, 0.25) is 5.91 Å². The Kier molecular flexibility index (Phi) is 4.83. The monoisotopic (exact) mass is 311 g/mol. The van der Waals surface area contributed by atoms with E-state index in [2.05, 4.69) is 49.6 Å². The van der Waals surface area contributed by atoms with Gasteiger partial charge in [0.05, 0.1) is 0 Å². The maximum Gasteiger partial charge on any atom is 0.222 e. The highest BCUT2D eigenvalue weighted by molar-refractivity contribution is 5.87. The average molecular weight is 311 g/mol. The number of hydrogen-bond donors (Lipinski definition) is 1. The lowest BCUT2D eigenvalue weighted by molar-refractivity contribution is -0.114. The van der Waals surface area contributed by atoms with Crippen molar-refractivity contribution in [1.29, 1.82) is 0 Å². The maximum atomic E-state index is 11.0. The van der Waals surface area contributed by atoms with E-state index >= 15 is 0 Å². The molecular formula is C17H21N5O. The molecule has 0 unspecified atom stereocenters. The zero-order valence-electron chi connectivity index (χ0n) is 13.3. The fourth-order valence-corrected chi connectivity index (χ4v) is 2.72. The van der Waals surface area contributed by atoms with Gasteiger partial charge in [-0.15, -0.1) is 10.2 Å². The quantitative estimate of drug-likeness (QED) is 0.932. The number of rotatable bonds is 4. The Morgan fingerprint density at radius 2 is 1.78 bits per heavy atom. The smallest absolute Gasteiger partial charge is 0.222 e. The Bertz CT molecular complexity index is 636. The molecule has 6 nitrogen and oxygen atoms in total. The zero-order chi connectivity index (χ0) is 16.1. The number of piperazine rings is 1. The number of aromatic nitrogens is 2. The summed E-state index contributed by atoms with van der Waals surface area (Å²) in [6, 6.07) is 14.2. The average Bonchev–Trinajstić information content (AvgIpc) is 2.57. The third kappa shape index (κ3) is 4.26. The van der Waals surface area contributed by atoms with E-state index in [0.29, 0.717) is 5.82 Å². The van der Waals surface area contributed by atoms with Crippen LogP contribution in [-0.4, -0.2) is 47.2 Å².